The highest BCUT2D eigenvalue weighted by molar-refractivity contribution is 5.89. The Morgan fingerprint density at radius 1 is 0.967 bits per heavy atom. The molecule has 4 rings (SSSR count). The molecule has 3 aromatic carbocycles. The molecule has 4 nitrogen and oxygen atoms in total. The number of aromatic hydroxyl groups is 1. The van der Waals surface area contributed by atoms with Crippen LogP contribution in [0.2, 0.25) is 0 Å². The molecule has 0 bridgehead atoms. The van der Waals surface area contributed by atoms with Gasteiger partial charge in [-0.05, 0) is 65.3 Å². The summed E-state index contributed by atoms with van der Waals surface area (Å²) in [6.45, 7) is 0.679. The van der Waals surface area contributed by atoms with Gasteiger partial charge in [0.05, 0.1) is 6.61 Å². The lowest BCUT2D eigenvalue weighted by molar-refractivity contribution is -0.136. The van der Waals surface area contributed by atoms with E-state index in [2.05, 4.69) is 6.07 Å². The number of phenols is 1. The summed E-state index contributed by atoms with van der Waals surface area (Å²) in [7, 11) is 0. The van der Waals surface area contributed by atoms with Crippen LogP contribution in [0.15, 0.2) is 54.6 Å². The SMILES string of the molecule is O=C(O)CCc1cccc(-c2ccc3cc(O)ccc3c2)c1OCC1CCCCC1. The van der Waals surface area contributed by atoms with E-state index in [1.165, 1.54) is 32.1 Å². The summed E-state index contributed by atoms with van der Waals surface area (Å²) in [6.07, 6.45) is 6.77. The zero-order valence-electron chi connectivity index (χ0n) is 17.1. The number of carboxylic acid groups (broad SMARTS) is 1. The molecule has 156 valence electrons. The van der Waals surface area contributed by atoms with Gasteiger partial charge in [0.2, 0.25) is 0 Å². The van der Waals surface area contributed by atoms with E-state index in [9.17, 15) is 9.90 Å². The molecule has 1 aliphatic carbocycles. The Morgan fingerprint density at radius 2 is 1.73 bits per heavy atom. The lowest BCUT2D eigenvalue weighted by Crippen LogP contribution is -2.16. The number of fused-ring (bicyclic) bond motifs is 1. The van der Waals surface area contributed by atoms with Crippen LogP contribution in [-0.4, -0.2) is 22.8 Å². The first kappa shape index (κ1) is 20.3. The average molecular weight is 405 g/mol. The zero-order valence-corrected chi connectivity index (χ0v) is 17.1. The molecule has 0 heterocycles. The molecule has 1 aliphatic rings. The largest absolute Gasteiger partial charge is 0.508 e. The van der Waals surface area contributed by atoms with E-state index in [4.69, 9.17) is 9.84 Å². The van der Waals surface area contributed by atoms with E-state index in [0.29, 0.717) is 18.9 Å². The standard InChI is InChI=1S/C26H28O4/c27-23-13-11-20-15-22(10-9-21(20)16-23)24-8-4-7-19(12-14-25(28)29)26(24)30-17-18-5-2-1-3-6-18/h4,7-11,13,15-16,18,27H,1-3,5-6,12,14,17H2,(H,28,29). The van der Waals surface area contributed by atoms with Gasteiger partial charge in [0.1, 0.15) is 11.5 Å². The van der Waals surface area contributed by atoms with Crippen LogP contribution in [-0.2, 0) is 11.2 Å². The molecular weight excluding hydrogens is 376 g/mol. The Kier molecular flexibility index (Phi) is 6.22. The van der Waals surface area contributed by atoms with Gasteiger partial charge in [0, 0.05) is 12.0 Å². The van der Waals surface area contributed by atoms with Crippen LogP contribution in [0, 0.1) is 5.92 Å². The number of rotatable bonds is 7. The van der Waals surface area contributed by atoms with E-state index in [1.54, 1.807) is 12.1 Å². The van der Waals surface area contributed by atoms with Gasteiger partial charge < -0.3 is 14.9 Å². The molecule has 1 fully saturated rings. The minimum atomic E-state index is -0.802. The summed E-state index contributed by atoms with van der Waals surface area (Å²) in [5, 5.41) is 20.9. The van der Waals surface area contributed by atoms with Gasteiger partial charge in [-0.3, -0.25) is 4.79 Å². The van der Waals surface area contributed by atoms with Crippen LogP contribution in [0.25, 0.3) is 21.9 Å². The van der Waals surface area contributed by atoms with E-state index in [-0.39, 0.29) is 12.2 Å². The molecule has 30 heavy (non-hydrogen) atoms. The monoisotopic (exact) mass is 404 g/mol. The fourth-order valence-electron chi connectivity index (χ4n) is 4.38. The summed E-state index contributed by atoms with van der Waals surface area (Å²) < 4.78 is 6.39. The van der Waals surface area contributed by atoms with Gasteiger partial charge in [-0.25, -0.2) is 0 Å². The number of carbonyl (C=O) groups is 1. The first-order valence-electron chi connectivity index (χ1n) is 10.8. The van der Waals surface area contributed by atoms with Gasteiger partial charge >= 0.3 is 5.97 Å². The van der Waals surface area contributed by atoms with Crippen LogP contribution < -0.4 is 4.74 Å². The van der Waals surface area contributed by atoms with Crippen LogP contribution >= 0.6 is 0 Å². The molecule has 0 amide bonds. The number of ether oxygens (including phenoxy) is 1. The lowest BCUT2D eigenvalue weighted by atomic mass is 9.90. The van der Waals surface area contributed by atoms with E-state index in [0.717, 1.165) is 33.2 Å². The fraction of sp³-hybridized carbons (Fsp3) is 0.346. The summed E-state index contributed by atoms with van der Waals surface area (Å²) in [6, 6.07) is 17.5. The van der Waals surface area contributed by atoms with Crippen molar-refractivity contribution in [2.45, 2.75) is 44.9 Å². The maximum atomic E-state index is 11.2. The highest BCUT2D eigenvalue weighted by Crippen LogP contribution is 2.37. The van der Waals surface area contributed by atoms with Crippen molar-refractivity contribution >= 4 is 16.7 Å². The number of hydrogen-bond acceptors (Lipinski definition) is 3. The molecule has 1 saturated carbocycles. The molecule has 0 aromatic heterocycles. The van der Waals surface area contributed by atoms with Crippen LogP contribution in [0.1, 0.15) is 44.1 Å². The topological polar surface area (TPSA) is 66.8 Å². The maximum absolute atomic E-state index is 11.2. The summed E-state index contributed by atoms with van der Waals surface area (Å²) in [4.78, 5) is 11.2. The number of para-hydroxylation sites is 1. The van der Waals surface area contributed by atoms with Crippen LogP contribution in [0.4, 0.5) is 0 Å². The Hall–Kier alpha value is -3.01. The third-order valence-electron chi connectivity index (χ3n) is 6.03. The van der Waals surface area contributed by atoms with Crippen molar-refractivity contribution in [3.05, 3.63) is 60.2 Å². The van der Waals surface area contributed by atoms with Crippen molar-refractivity contribution in [1.29, 1.82) is 0 Å². The second kappa shape index (κ2) is 9.21. The van der Waals surface area contributed by atoms with Gasteiger partial charge in [-0.15, -0.1) is 0 Å². The van der Waals surface area contributed by atoms with E-state index >= 15 is 0 Å². The molecule has 0 unspecified atom stereocenters. The minimum absolute atomic E-state index is 0.0836. The Labute approximate surface area is 177 Å². The number of hydrogen-bond donors (Lipinski definition) is 2. The van der Waals surface area contributed by atoms with Crippen molar-refractivity contribution in [3.63, 3.8) is 0 Å². The van der Waals surface area contributed by atoms with Crippen molar-refractivity contribution in [3.8, 4) is 22.6 Å². The number of benzene rings is 3. The Bertz CT molecular complexity index is 1030. The van der Waals surface area contributed by atoms with Gasteiger partial charge in [-0.1, -0.05) is 55.7 Å². The molecule has 2 N–H and O–H groups in total. The first-order valence-corrected chi connectivity index (χ1v) is 10.8. The molecule has 0 saturated heterocycles. The maximum Gasteiger partial charge on any atom is 0.303 e. The van der Waals surface area contributed by atoms with E-state index in [1.807, 2.05) is 36.4 Å². The van der Waals surface area contributed by atoms with Gasteiger partial charge in [0.15, 0.2) is 0 Å². The number of aliphatic carboxylic acids is 1. The van der Waals surface area contributed by atoms with Crippen LogP contribution in [0.3, 0.4) is 0 Å². The summed E-state index contributed by atoms with van der Waals surface area (Å²) in [5.74, 6) is 0.827. The molecule has 3 aromatic rings. The number of aryl methyl sites for hydroxylation is 1. The van der Waals surface area contributed by atoms with E-state index < -0.39 is 5.97 Å². The van der Waals surface area contributed by atoms with Crippen molar-refractivity contribution in [2.75, 3.05) is 6.61 Å². The first-order chi connectivity index (χ1) is 14.6. The second-order valence-corrected chi connectivity index (χ2v) is 8.25. The Balaban J connectivity index is 1.69. The third kappa shape index (κ3) is 4.76. The quantitative estimate of drug-likeness (QED) is 0.493. The van der Waals surface area contributed by atoms with Crippen molar-refractivity contribution in [1.82, 2.24) is 0 Å². The fourth-order valence-corrected chi connectivity index (χ4v) is 4.38. The summed E-state index contributed by atoms with van der Waals surface area (Å²) in [5.41, 5.74) is 2.96. The molecule has 4 heteroatoms. The molecule has 0 radical (unpaired) electrons. The summed E-state index contributed by atoms with van der Waals surface area (Å²) >= 11 is 0. The lowest BCUT2D eigenvalue weighted by Gasteiger charge is -2.24. The molecule has 0 atom stereocenters. The minimum Gasteiger partial charge on any atom is -0.508 e. The highest BCUT2D eigenvalue weighted by Gasteiger charge is 2.18. The normalized spacial score (nSPS) is 14.7. The third-order valence-corrected chi connectivity index (χ3v) is 6.03. The number of carboxylic acids is 1. The molecular formula is C26H28O4. The van der Waals surface area contributed by atoms with Crippen LogP contribution in [0.5, 0.6) is 11.5 Å². The average Bonchev–Trinajstić information content (AvgIpc) is 2.76. The van der Waals surface area contributed by atoms with Gasteiger partial charge in [0.25, 0.3) is 0 Å². The predicted octanol–water partition coefficient (Wildman–Crippen LogP) is 6.19. The van der Waals surface area contributed by atoms with Gasteiger partial charge in [-0.2, -0.15) is 0 Å². The second-order valence-electron chi connectivity index (χ2n) is 8.25. The highest BCUT2D eigenvalue weighted by atomic mass is 16.5. The Morgan fingerprint density at radius 3 is 2.53 bits per heavy atom. The molecule has 0 spiro atoms. The zero-order chi connectivity index (χ0) is 20.9. The predicted molar refractivity (Wildman–Crippen MR) is 119 cm³/mol. The van der Waals surface area contributed by atoms with Crippen molar-refractivity contribution in [2.24, 2.45) is 5.92 Å². The smallest absolute Gasteiger partial charge is 0.303 e. The number of phenolic OH excluding ortho intramolecular Hbond substituents is 1. The molecule has 0 aliphatic heterocycles. The van der Waals surface area contributed by atoms with Crippen molar-refractivity contribution < 1.29 is 19.7 Å².